The number of rotatable bonds is 3. The van der Waals surface area contributed by atoms with Gasteiger partial charge in [-0.25, -0.2) is 0 Å². The summed E-state index contributed by atoms with van der Waals surface area (Å²) in [5, 5.41) is 0. The number of fused-ring (bicyclic) bond motifs is 1. The monoisotopic (exact) mass is 375 g/mol. The highest BCUT2D eigenvalue weighted by molar-refractivity contribution is 9.10. The second-order valence-electron chi connectivity index (χ2n) is 7.78. The molecule has 1 aliphatic heterocycles. The summed E-state index contributed by atoms with van der Waals surface area (Å²) in [4.78, 5) is 17.7. The largest absolute Gasteiger partial charge is 0.299 e. The first kappa shape index (κ1) is 16.9. The number of aryl methyl sites for hydroxylation is 1. The van der Waals surface area contributed by atoms with Crippen LogP contribution in [-0.4, -0.2) is 17.0 Å². The van der Waals surface area contributed by atoms with Gasteiger partial charge in [0.25, 0.3) is 0 Å². The molecule has 1 aromatic rings. The van der Waals surface area contributed by atoms with E-state index >= 15 is 0 Å². The number of carbonyl (C=O) groups excluding carboxylic acids is 1. The maximum absolute atomic E-state index is 12.7. The molecule has 3 rings (SSSR count). The number of benzene rings is 1. The molecule has 1 aromatic carbocycles. The average Bonchev–Trinajstić information content (AvgIpc) is 2.49. The van der Waals surface area contributed by atoms with E-state index in [4.69, 9.17) is 4.99 Å². The number of aliphatic imine (C=N–C) groups is 1. The maximum atomic E-state index is 12.7. The standard InChI is InChI=1S/C20H26BrNO/c1-13-9-15-12-20(2,3)22-18(16(15)10-17(13)21)11-19(23)14-7-5-4-6-8-14/h9-10,14H,4-8,11-12H2,1-3H3. The van der Waals surface area contributed by atoms with Gasteiger partial charge in [-0.15, -0.1) is 0 Å². The molecule has 0 aromatic heterocycles. The van der Waals surface area contributed by atoms with Gasteiger partial charge in [0, 0.05) is 22.4 Å². The molecule has 1 aliphatic carbocycles. The molecule has 2 aliphatic rings. The van der Waals surface area contributed by atoms with E-state index in [9.17, 15) is 4.79 Å². The number of hydrogen-bond acceptors (Lipinski definition) is 2. The Hall–Kier alpha value is -0.960. The van der Waals surface area contributed by atoms with Crippen LogP contribution in [0.1, 0.15) is 69.1 Å². The quantitative estimate of drug-likeness (QED) is 0.693. The molecule has 124 valence electrons. The second-order valence-corrected chi connectivity index (χ2v) is 8.64. The van der Waals surface area contributed by atoms with Crippen LogP contribution in [-0.2, 0) is 11.2 Å². The van der Waals surface area contributed by atoms with Crippen LogP contribution in [0.15, 0.2) is 21.6 Å². The summed E-state index contributed by atoms with van der Waals surface area (Å²) in [5.41, 5.74) is 4.63. The molecule has 0 atom stereocenters. The van der Waals surface area contributed by atoms with Gasteiger partial charge in [-0.1, -0.05) is 41.3 Å². The van der Waals surface area contributed by atoms with Gasteiger partial charge in [-0.2, -0.15) is 0 Å². The predicted octanol–water partition coefficient (Wildman–Crippen LogP) is 5.42. The fourth-order valence-corrected chi connectivity index (χ4v) is 4.30. The zero-order chi connectivity index (χ0) is 16.6. The Morgan fingerprint density at radius 1 is 1.26 bits per heavy atom. The Labute approximate surface area is 147 Å². The highest BCUT2D eigenvalue weighted by Crippen LogP contribution is 2.33. The van der Waals surface area contributed by atoms with Crippen LogP contribution in [0.5, 0.6) is 0 Å². The van der Waals surface area contributed by atoms with Crippen LogP contribution >= 0.6 is 15.9 Å². The summed E-state index contributed by atoms with van der Waals surface area (Å²) < 4.78 is 1.11. The Balaban J connectivity index is 1.89. The summed E-state index contributed by atoms with van der Waals surface area (Å²) in [6, 6.07) is 4.41. The summed E-state index contributed by atoms with van der Waals surface area (Å²) in [5.74, 6) is 0.651. The highest BCUT2D eigenvalue weighted by Gasteiger charge is 2.30. The summed E-state index contributed by atoms with van der Waals surface area (Å²) in [7, 11) is 0. The van der Waals surface area contributed by atoms with E-state index in [2.05, 4.69) is 48.8 Å². The van der Waals surface area contributed by atoms with Crippen molar-refractivity contribution < 1.29 is 4.79 Å². The van der Waals surface area contributed by atoms with Crippen molar-refractivity contribution >= 4 is 27.4 Å². The van der Waals surface area contributed by atoms with Crippen molar-refractivity contribution in [2.24, 2.45) is 10.9 Å². The van der Waals surface area contributed by atoms with Gasteiger partial charge in [-0.3, -0.25) is 9.79 Å². The van der Waals surface area contributed by atoms with E-state index in [0.29, 0.717) is 12.2 Å². The molecule has 0 unspecified atom stereocenters. The highest BCUT2D eigenvalue weighted by atomic mass is 79.9. The molecule has 0 spiro atoms. The summed E-state index contributed by atoms with van der Waals surface area (Å²) >= 11 is 3.63. The third-order valence-corrected chi connectivity index (χ3v) is 6.01. The number of nitrogens with zero attached hydrogens (tertiary/aromatic N) is 1. The van der Waals surface area contributed by atoms with Crippen molar-refractivity contribution in [3.05, 3.63) is 33.3 Å². The lowest BCUT2D eigenvalue weighted by Crippen LogP contribution is -2.31. The molecule has 0 N–H and O–H groups in total. The van der Waals surface area contributed by atoms with Crippen molar-refractivity contribution in [2.45, 2.75) is 71.3 Å². The lowest BCUT2D eigenvalue weighted by atomic mass is 9.81. The molecule has 1 fully saturated rings. The van der Waals surface area contributed by atoms with Crippen LogP contribution in [0.2, 0.25) is 0 Å². The van der Waals surface area contributed by atoms with E-state index in [1.165, 1.54) is 36.0 Å². The second kappa shape index (κ2) is 6.51. The van der Waals surface area contributed by atoms with Crippen LogP contribution in [0, 0.1) is 12.8 Å². The Morgan fingerprint density at radius 3 is 2.65 bits per heavy atom. The number of carbonyl (C=O) groups is 1. The van der Waals surface area contributed by atoms with Crippen molar-refractivity contribution in [1.82, 2.24) is 0 Å². The van der Waals surface area contributed by atoms with Gasteiger partial charge in [0.2, 0.25) is 0 Å². The summed E-state index contributed by atoms with van der Waals surface area (Å²) in [6.07, 6.45) is 7.27. The van der Waals surface area contributed by atoms with E-state index < -0.39 is 0 Å². The first-order chi connectivity index (χ1) is 10.9. The first-order valence-corrected chi connectivity index (χ1v) is 9.56. The normalized spacial score (nSPS) is 20.8. The molecule has 1 heterocycles. The van der Waals surface area contributed by atoms with Crippen LogP contribution < -0.4 is 0 Å². The molecule has 1 saturated carbocycles. The van der Waals surface area contributed by atoms with Crippen molar-refractivity contribution in [2.75, 3.05) is 0 Å². The van der Waals surface area contributed by atoms with E-state index in [-0.39, 0.29) is 11.5 Å². The number of Topliss-reactive ketones (excluding diaryl/α,β-unsaturated/α-hetero) is 1. The Kier molecular flexibility index (Phi) is 4.78. The minimum Gasteiger partial charge on any atom is -0.299 e. The van der Waals surface area contributed by atoms with Gasteiger partial charge in [0.15, 0.2) is 0 Å². The molecule has 0 saturated heterocycles. The minimum atomic E-state index is -0.116. The van der Waals surface area contributed by atoms with Gasteiger partial charge < -0.3 is 0 Å². The number of halogens is 1. The molecule has 0 amide bonds. The van der Waals surface area contributed by atoms with Gasteiger partial charge >= 0.3 is 0 Å². The zero-order valence-electron chi connectivity index (χ0n) is 14.4. The SMILES string of the molecule is Cc1cc2c(cc1Br)C(CC(=O)C1CCCCC1)=NC(C)(C)C2. The lowest BCUT2D eigenvalue weighted by Gasteiger charge is -2.30. The van der Waals surface area contributed by atoms with Gasteiger partial charge in [0.05, 0.1) is 11.3 Å². The molecule has 0 bridgehead atoms. The number of ketones is 1. The molecular weight excluding hydrogens is 350 g/mol. The van der Waals surface area contributed by atoms with Crippen molar-refractivity contribution in [3.63, 3.8) is 0 Å². The third-order valence-electron chi connectivity index (χ3n) is 5.16. The molecule has 0 radical (unpaired) electrons. The fourth-order valence-electron chi connectivity index (χ4n) is 3.96. The van der Waals surface area contributed by atoms with Gasteiger partial charge in [0.1, 0.15) is 5.78 Å². The first-order valence-electron chi connectivity index (χ1n) is 8.76. The minimum absolute atomic E-state index is 0.116. The average molecular weight is 376 g/mol. The van der Waals surface area contributed by atoms with Crippen LogP contribution in [0.3, 0.4) is 0 Å². The van der Waals surface area contributed by atoms with E-state index in [1.54, 1.807) is 0 Å². The van der Waals surface area contributed by atoms with Crippen molar-refractivity contribution in [3.8, 4) is 0 Å². The van der Waals surface area contributed by atoms with Gasteiger partial charge in [-0.05, 0) is 57.2 Å². The Morgan fingerprint density at radius 2 is 1.96 bits per heavy atom. The van der Waals surface area contributed by atoms with E-state index in [0.717, 1.165) is 29.4 Å². The van der Waals surface area contributed by atoms with Crippen LogP contribution in [0.25, 0.3) is 0 Å². The topological polar surface area (TPSA) is 29.4 Å². The third kappa shape index (κ3) is 3.76. The lowest BCUT2D eigenvalue weighted by molar-refractivity contribution is -0.122. The fraction of sp³-hybridized carbons (Fsp3) is 0.600. The maximum Gasteiger partial charge on any atom is 0.141 e. The molecule has 2 nitrogen and oxygen atoms in total. The smallest absolute Gasteiger partial charge is 0.141 e. The predicted molar refractivity (Wildman–Crippen MR) is 99.4 cm³/mol. The number of hydrogen-bond donors (Lipinski definition) is 0. The zero-order valence-corrected chi connectivity index (χ0v) is 16.0. The van der Waals surface area contributed by atoms with Crippen LogP contribution in [0.4, 0.5) is 0 Å². The summed E-state index contributed by atoms with van der Waals surface area (Å²) in [6.45, 7) is 6.45. The Bertz CT molecular complexity index is 654. The molecular formula is C20H26BrNO. The molecule has 3 heteroatoms. The van der Waals surface area contributed by atoms with Crippen molar-refractivity contribution in [1.29, 1.82) is 0 Å². The molecule has 23 heavy (non-hydrogen) atoms. The van der Waals surface area contributed by atoms with E-state index in [1.807, 2.05) is 0 Å².